The number of amides is 1. The molecule has 0 heterocycles. The summed E-state index contributed by atoms with van der Waals surface area (Å²) < 4.78 is 10.3. The first-order valence-corrected chi connectivity index (χ1v) is 7.28. The Hall–Kier alpha value is -2.25. The first-order valence-electron chi connectivity index (χ1n) is 7.28. The topological polar surface area (TPSA) is 93.1 Å². The smallest absolute Gasteiger partial charge is 0.410 e. The van der Waals surface area contributed by atoms with Crippen molar-refractivity contribution in [3.05, 3.63) is 35.9 Å². The zero-order valence-electron chi connectivity index (χ0n) is 12.8. The molecule has 2 rings (SSSR count). The van der Waals surface area contributed by atoms with Crippen LogP contribution >= 0.6 is 0 Å². The molecule has 2 atom stereocenters. The largest absolute Gasteiger partial charge is 0.445 e. The number of hydrogen-bond acceptors (Lipinski definition) is 6. The van der Waals surface area contributed by atoms with Gasteiger partial charge in [0.05, 0.1) is 13.2 Å². The molecule has 1 fully saturated rings. The maximum absolute atomic E-state index is 12.0. The number of ether oxygens (including phenoxy) is 2. The number of benzene rings is 1. The summed E-state index contributed by atoms with van der Waals surface area (Å²) in [6, 6.07) is 8.25. The molecular formula is C16H19NO6. The highest BCUT2D eigenvalue weighted by molar-refractivity contribution is 6.43. The van der Waals surface area contributed by atoms with Crippen LogP contribution in [0.2, 0.25) is 0 Å². The number of ketones is 2. The van der Waals surface area contributed by atoms with E-state index in [0.29, 0.717) is 0 Å². The summed E-state index contributed by atoms with van der Waals surface area (Å²) in [6.45, 7) is -0.181. The van der Waals surface area contributed by atoms with Crippen LogP contribution in [-0.4, -0.2) is 60.1 Å². The third-order valence-electron chi connectivity index (χ3n) is 3.65. The lowest BCUT2D eigenvalue weighted by molar-refractivity contribution is -0.140. The average molecular weight is 321 g/mol. The summed E-state index contributed by atoms with van der Waals surface area (Å²) in [4.78, 5) is 36.9. The molecule has 23 heavy (non-hydrogen) atoms. The Labute approximate surface area is 133 Å². The first kappa shape index (κ1) is 17.1. The quantitative estimate of drug-likeness (QED) is 0.769. The van der Waals surface area contributed by atoms with Crippen LogP contribution in [0.4, 0.5) is 4.79 Å². The van der Waals surface area contributed by atoms with Crippen molar-refractivity contribution in [3.63, 3.8) is 0 Å². The van der Waals surface area contributed by atoms with E-state index in [1.54, 1.807) is 0 Å². The average Bonchev–Trinajstić information content (AvgIpc) is 2.86. The summed E-state index contributed by atoms with van der Waals surface area (Å²) >= 11 is 0. The lowest BCUT2D eigenvalue weighted by Crippen LogP contribution is -2.41. The summed E-state index contributed by atoms with van der Waals surface area (Å²) in [6.07, 6.45) is -1.51. The van der Waals surface area contributed by atoms with Gasteiger partial charge in [-0.05, 0) is 5.56 Å². The lowest BCUT2D eigenvalue weighted by Gasteiger charge is -2.22. The van der Waals surface area contributed by atoms with E-state index >= 15 is 0 Å². The Morgan fingerprint density at radius 3 is 2.61 bits per heavy atom. The highest BCUT2D eigenvalue weighted by Crippen LogP contribution is 2.21. The summed E-state index contributed by atoms with van der Waals surface area (Å²) in [5.74, 6) is -1.35. The van der Waals surface area contributed by atoms with Gasteiger partial charge in [0.15, 0.2) is 0 Å². The SMILES string of the molecule is CN(C(=O)OCc1ccccc1)[C@@H]1C[C@H](OCCO)C(=O)C1=O. The maximum atomic E-state index is 12.0. The molecule has 0 radical (unpaired) electrons. The van der Waals surface area contributed by atoms with Gasteiger partial charge in [-0.3, -0.25) is 9.59 Å². The fourth-order valence-corrected chi connectivity index (χ4v) is 2.36. The Balaban J connectivity index is 1.91. The number of nitrogens with zero attached hydrogens (tertiary/aromatic N) is 1. The van der Waals surface area contributed by atoms with Crippen molar-refractivity contribution in [3.8, 4) is 0 Å². The Morgan fingerprint density at radius 1 is 1.26 bits per heavy atom. The zero-order chi connectivity index (χ0) is 16.8. The minimum atomic E-state index is -0.913. The normalized spacial score (nSPS) is 20.6. The van der Waals surface area contributed by atoms with Gasteiger partial charge < -0.3 is 19.5 Å². The van der Waals surface area contributed by atoms with Gasteiger partial charge in [-0.2, -0.15) is 0 Å². The van der Waals surface area contributed by atoms with Crippen LogP contribution in [0.25, 0.3) is 0 Å². The van der Waals surface area contributed by atoms with E-state index in [1.807, 2.05) is 30.3 Å². The molecule has 1 aliphatic rings. The number of hydrogen-bond donors (Lipinski definition) is 1. The molecule has 0 spiro atoms. The van der Waals surface area contributed by atoms with Crippen molar-refractivity contribution in [2.24, 2.45) is 0 Å². The first-order chi connectivity index (χ1) is 11.0. The van der Waals surface area contributed by atoms with Gasteiger partial charge in [-0.25, -0.2) is 4.79 Å². The van der Waals surface area contributed by atoms with Gasteiger partial charge in [0.1, 0.15) is 18.8 Å². The van der Waals surface area contributed by atoms with Crippen molar-refractivity contribution >= 4 is 17.7 Å². The number of aliphatic hydroxyl groups excluding tert-OH is 1. The van der Waals surface area contributed by atoms with Crippen LogP contribution in [0.15, 0.2) is 30.3 Å². The van der Waals surface area contributed by atoms with E-state index in [-0.39, 0.29) is 26.2 Å². The monoisotopic (exact) mass is 321 g/mol. The molecule has 124 valence electrons. The summed E-state index contributed by atoms with van der Waals surface area (Å²) in [5, 5.41) is 8.71. The molecule has 1 saturated carbocycles. The third-order valence-corrected chi connectivity index (χ3v) is 3.65. The van der Waals surface area contributed by atoms with E-state index < -0.39 is 29.8 Å². The van der Waals surface area contributed by atoms with E-state index in [1.165, 1.54) is 7.05 Å². The van der Waals surface area contributed by atoms with Gasteiger partial charge in [0, 0.05) is 13.5 Å². The molecule has 1 N–H and O–H groups in total. The molecule has 7 nitrogen and oxygen atoms in total. The van der Waals surface area contributed by atoms with Crippen LogP contribution in [0.1, 0.15) is 12.0 Å². The van der Waals surface area contributed by atoms with Gasteiger partial charge >= 0.3 is 6.09 Å². The van der Waals surface area contributed by atoms with Gasteiger partial charge in [0.2, 0.25) is 11.6 Å². The van der Waals surface area contributed by atoms with E-state index in [0.717, 1.165) is 10.5 Å². The van der Waals surface area contributed by atoms with Crippen molar-refractivity contribution in [1.82, 2.24) is 4.90 Å². The minimum Gasteiger partial charge on any atom is -0.445 e. The molecule has 1 aromatic carbocycles. The Kier molecular flexibility index (Phi) is 5.84. The molecule has 0 bridgehead atoms. The predicted molar refractivity (Wildman–Crippen MR) is 79.6 cm³/mol. The number of rotatable bonds is 6. The molecule has 1 amide bonds. The van der Waals surface area contributed by atoms with Crippen LogP contribution in [0, 0.1) is 0 Å². The van der Waals surface area contributed by atoms with E-state index in [9.17, 15) is 14.4 Å². The third kappa shape index (κ3) is 4.14. The molecule has 0 aromatic heterocycles. The second-order valence-electron chi connectivity index (χ2n) is 5.21. The lowest BCUT2D eigenvalue weighted by atomic mass is 10.2. The van der Waals surface area contributed by atoms with E-state index in [2.05, 4.69) is 0 Å². The van der Waals surface area contributed by atoms with Crippen LogP contribution < -0.4 is 0 Å². The second kappa shape index (κ2) is 7.85. The molecule has 0 unspecified atom stereocenters. The van der Waals surface area contributed by atoms with Crippen LogP contribution in [0.5, 0.6) is 0 Å². The highest BCUT2D eigenvalue weighted by Gasteiger charge is 2.45. The molecule has 0 saturated heterocycles. The summed E-state index contributed by atoms with van der Waals surface area (Å²) in [7, 11) is 1.41. The fourth-order valence-electron chi connectivity index (χ4n) is 2.36. The molecule has 1 aliphatic carbocycles. The van der Waals surface area contributed by atoms with Gasteiger partial charge in [0.25, 0.3) is 0 Å². The zero-order valence-corrected chi connectivity index (χ0v) is 12.8. The standard InChI is InChI=1S/C16H19NO6/c1-17(16(21)23-10-11-5-3-2-4-6-11)12-9-13(22-8-7-18)15(20)14(12)19/h2-6,12-13,18H,7-10H2,1H3/t12-,13+/m1/s1. The number of carbonyl (C=O) groups is 3. The molecule has 7 heteroatoms. The van der Waals surface area contributed by atoms with E-state index in [4.69, 9.17) is 14.6 Å². The van der Waals surface area contributed by atoms with Gasteiger partial charge in [-0.15, -0.1) is 0 Å². The van der Waals surface area contributed by atoms with Crippen molar-refractivity contribution < 1.29 is 29.0 Å². The predicted octanol–water partition coefficient (Wildman–Crippen LogP) is 0.543. The molecular weight excluding hydrogens is 302 g/mol. The van der Waals surface area contributed by atoms with Gasteiger partial charge in [-0.1, -0.05) is 30.3 Å². The van der Waals surface area contributed by atoms with Crippen molar-refractivity contribution in [1.29, 1.82) is 0 Å². The number of carbonyl (C=O) groups excluding carboxylic acids is 3. The number of Topliss-reactive ketones (excluding diaryl/α,β-unsaturated/α-hetero) is 2. The Bertz CT molecular complexity index is 573. The number of aliphatic hydroxyl groups is 1. The Morgan fingerprint density at radius 2 is 1.96 bits per heavy atom. The molecule has 1 aromatic rings. The van der Waals surface area contributed by atoms with Crippen LogP contribution in [0.3, 0.4) is 0 Å². The minimum absolute atomic E-state index is 0.0292. The van der Waals surface area contributed by atoms with Crippen molar-refractivity contribution in [2.75, 3.05) is 20.3 Å². The summed E-state index contributed by atoms with van der Waals surface area (Å²) in [5.41, 5.74) is 0.826. The maximum Gasteiger partial charge on any atom is 0.410 e. The van der Waals surface area contributed by atoms with Crippen molar-refractivity contribution in [2.45, 2.75) is 25.2 Å². The second-order valence-corrected chi connectivity index (χ2v) is 5.21. The highest BCUT2D eigenvalue weighted by atomic mass is 16.6. The molecule has 0 aliphatic heterocycles. The number of likely N-dealkylation sites (N-methyl/N-ethyl adjacent to an activating group) is 1. The fraction of sp³-hybridized carbons (Fsp3) is 0.438. The van der Waals surface area contributed by atoms with Crippen LogP contribution in [-0.2, 0) is 25.7 Å².